The minimum atomic E-state index is -0.708. The Morgan fingerprint density at radius 3 is 2.17 bits per heavy atom. The number of carbonyl (C=O) groups excluding carboxylic acids is 1. The molecule has 6 heteroatoms. The van der Waals surface area contributed by atoms with Crippen molar-refractivity contribution in [1.29, 1.82) is 0 Å². The average Bonchev–Trinajstić information content (AvgIpc) is 3.65. The second kappa shape index (κ2) is 10.8. The molecule has 0 unspecified atom stereocenters. The van der Waals surface area contributed by atoms with Crippen LogP contribution in [0.25, 0.3) is 0 Å². The van der Waals surface area contributed by atoms with E-state index >= 15 is 0 Å². The first-order valence-electron chi connectivity index (χ1n) is 13.9. The second-order valence-corrected chi connectivity index (χ2v) is 12.4. The van der Waals surface area contributed by atoms with Gasteiger partial charge in [-0.05, 0) is 111 Å². The molecule has 0 aliphatic heterocycles. The predicted molar refractivity (Wildman–Crippen MR) is 142 cm³/mol. The predicted octanol–water partition coefficient (Wildman–Crippen LogP) is 6.64. The van der Waals surface area contributed by atoms with Gasteiger partial charge in [0.1, 0.15) is 11.3 Å². The molecule has 5 aliphatic carbocycles. The number of rotatable bonds is 13. The number of hydrogen-bond acceptors (Lipinski definition) is 3. The molecule has 5 fully saturated rings. The quantitative estimate of drug-likeness (QED) is 0.181. The van der Waals surface area contributed by atoms with E-state index < -0.39 is 5.41 Å². The molecule has 5 nitrogen and oxygen atoms in total. The third-order valence-corrected chi connectivity index (χ3v) is 9.49. The molecule has 35 heavy (non-hydrogen) atoms. The standard InChI is InChI=1S/C29H42ClN3O2/c30-33-26(31)29(11-12-29)27(34)32-25-9-7-21(8-10-25)6-4-2-1-3-5-13-35-20-28-17-22-14-23(18-28)16-24(15-22)19-28/h7-10,22-24H,1-6,11-20H2,(H2,31,33)(H,32,34). The van der Waals surface area contributed by atoms with Gasteiger partial charge in [-0.25, -0.2) is 0 Å². The van der Waals surface area contributed by atoms with Gasteiger partial charge in [0.15, 0.2) is 0 Å². The Morgan fingerprint density at radius 2 is 1.57 bits per heavy atom. The van der Waals surface area contributed by atoms with E-state index in [1.807, 2.05) is 12.1 Å². The highest BCUT2D eigenvalue weighted by Crippen LogP contribution is 2.60. The monoisotopic (exact) mass is 499 g/mol. The zero-order chi connectivity index (χ0) is 24.3. The Labute approximate surface area is 215 Å². The molecular weight excluding hydrogens is 458 g/mol. The third-order valence-electron chi connectivity index (χ3n) is 9.31. The minimum absolute atomic E-state index is 0.117. The fraction of sp³-hybridized carbons (Fsp3) is 0.724. The molecule has 0 radical (unpaired) electrons. The van der Waals surface area contributed by atoms with Crippen LogP contribution in [0.2, 0.25) is 0 Å². The summed E-state index contributed by atoms with van der Waals surface area (Å²) in [5.74, 6) is 3.15. The summed E-state index contributed by atoms with van der Waals surface area (Å²) in [5, 5.41) is 2.95. The van der Waals surface area contributed by atoms with Crippen molar-refractivity contribution in [3.05, 3.63) is 29.8 Å². The largest absolute Gasteiger partial charge is 0.385 e. The summed E-state index contributed by atoms with van der Waals surface area (Å²) in [7, 11) is 0. The molecule has 1 aromatic rings. The lowest BCUT2D eigenvalue weighted by atomic mass is 9.50. The maximum Gasteiger partial charge on any atom is 0.238 e. The van der Waals surface area contributed by atoms with E-state index in [2.05, 4.69) is 22.0 Å². The van der Waals surface area contributed by atoms with Crippen LogP contribution >= 0.6 is 11.8 Å². The Morgan fingerprint density at radius 1 is 0.971 bits per heavy atom. The first kappa shape index (κ1) is 25.1. The number of nitrogens with zero attached hydrogens (tertiary/aromatic N) is 1. The summed E-state index contributed by atoms with van der Waals surface area (Å²) in [6.45, 7) is 1.97. The van der Waals surface area contributed by atoms with E-state index in [-0.39, 0.29) is 11.7 Å². The maximum atomic E-state index is 12.5. The van der Waals surface area contributed by atoms with E-state index in [0.29, 0.717) is 18.3 Å². The fourth-order valence-corrected chi connectivity index (χ4v) is 7.79. The van der Waals surface area contributed by atoms with E-state index in [1.54, 1.807) is 0 Å². The van der Waals surface area contributed by atoms with Gasteiger partial charge in [0, 0.05) is 24.1 Å². The maximum absolute atomic E-state index is 12.5. The number of ether oxygens (including phenoxy) is 1. The van der Waals surface area contributed by atoms with Crippen molar-refractivity contribution in [1.82, 2.24) is 0 Å². The van der Waals surface area contributed by atoms with Crippen LogP contribution in [0, 0.1) is 28.6 Å². The lowest BCUT2D eigenvalue weighted by molar-refractivity contribution is -0.119. The summed E-state index contributed by atoms with van der Waals surface area (Å²) < 4.78 is 9.73. The van der Waals surface area contributed by atoms with Crippen molar-refractivity contribution in [2.24, 2.45) is 38.8 Å². The molecule has 3 N–H and O–H groups in total. The summed E-state index contributed by atoms with van der Waals surface area (Å²) in [6, 6.07) is 8.15. The van der Waals surface area contributed by atoms with Crippen LogP contribution in [0.3, 0.4) is 0 Å². The lowest BCUT2D eigenvalue weighted by Crippen LogP contribution is -2.48. The Balaban J connectivity index is 0.916. The molecule has 5 saturated carbocycles. The molecule has 0 heterocycles. The van der Waals surface area contributed by atoms with Crippen molar-refractivity contribution in [2.45, 2.75) is 89.9 Å². The highest BCUT2D eigenvalue weighted by atomic mass is 35.5. The summed E-state index contributed by atoms with van der Waals surface area (Å²) in [6.07, 6.45) is 17.6. The number of halogens is 1. The molecule has 1 amide bonds. The molecular formula is C29H42ClN3O2. The smallest absolute Gasteiger partial charge is 0.238 e. The Bertz CT molecular complexity index is 874. The molecule has 0 spiro atoms. The second-order valence-electron chi connectivity index (χ2n) is 12.2. The summed E-state index contributed by atoms with van der Waals surface area (Å²) in [4.78, 5) is 12.5. The number of carbonyl (C=O) groups is 1. The van der Waals surface area contributed by atoms with Gasteiger partial charge in [-0.15, -0.1) is 0 Å². The van der Waals surface area contributed by atoms with Gasteiger partial charge in [0.2, 0.25) is 5.91 Å². The zero-order valence-electron chi connectivity index (χ0n) is 21.1. The molecule has 192 valence electrons. The van der Waals surface area contributed by atoms with Gasteiger partial charge in [-0.1, -0.05) is 31.4 Å². The number of benzene rings is 1. The van der Waals surface area contributed by atoms with E-state index in [1.165, 1.54) is 76.2 Å². The molecule has 6 rings (SSSR count). The fourth-order valence-electron chi connectivity index (χ4n) is 7.63. The molecule has 5 aliphatic rings. The SMILES string of the molecule is N/C(=N\Cl)C1(C(=O)Nc2ccc(CCCCCCCOCC34CC5CC(CC(C5)C3)C4)cc2)CC1. The van der Waals surface area contributed by atoms with Crippen LogP contribution in [0.1, 0.15) is 89.0 Å². The van der Waals surface area contributed by atoms with Gasteiger partial charge < -0.3 is 15.8 Å². The number of aryl methyl sites for hydroxylation is 1. The summed E-state index contributed by atoms with van der Waals surface area (Å²) in [5.41, 5.74) is 7.76. The topological polar surface area (TPSA) is 76.7 Å². The Kier molecular flexibility index (Phi) is 7.74. The van der Waals surface area contributed by atoms with Crippen molar-refractivity contribution in [3.8, 4) is 0 Å². The third kappa shape index (κ3) is 5.88. The number of unbranched alkanes of at least 4 members (excludes halogenated alkanes) is 4. The highest BCUT2D eigenvalue weighted by molar-refractivity contribution is 6.24. The average molecular weight is 500 g/mol. The Hall–Kier alpha value is -1.59. The van der Waals surface area contributed by atoms with Crippen LogP contribution in [0.5, 0.6) is 0 Å². The molecule has 0 saturated heterocycles. The first-order valence-corrected chi connectivity index (χ1v) is 14.3. The van der Waals surface area contributed by atoms with E-state index in [4.69, 9.17) is 22.2 Å². The minimum Gasteiger partial charge on any atom is -0.385 e. The van der Waals surface area contributed by atoms with E-state index in [0.717, 1.165) is 43.1 Å². The molecule has 1 aromatic carbocycles. The van der Waals surface area contributed by atoms with Crippen molar-refractivity contribution < 1.29 is 9.53 Å². The van der Waals surface area contributed by atoms with Crippen LogP contribution in [-0.4, -0.2) is 25.0 Å². The van der Waals surface area contributed by atoms with Gasteiger partial charge in [-0.3, -0.25) is 4.79 Å². The van der Waals surface area contributed by atoms with Gasteiger partial charge in [-0.2, -0.15) is 4.51 Å². The number of nitrogens with two attached hydrogens (primary N) is 1. The molecule has 0 atom stereocenters. The molecule has 4 bridgehead atoms. The number of nitrogens with one attached hydrogen (secondary N) is 1. The highest BCUT2D eigenvalue weighted by Gasteiger charge is 2.54. The van der Waals surface area contributed by atoms with Crippen LogP contribution in [0.15, 0.2) is 28.8 Å². The van der Waals surface area contributed by atoms with Crippen LogP contribution in [0.4, 0.5) is 5.69 Å². The van der Waals surface area contributed by atoms with Gasteiger partial charge in [0.25, 0.3) is 0 Å². The normalized spacial score (nSPS) is 30.4. The number of amidine groups is 1. The number of hydrogen-bond donors (Lipinski definition) is 2. The van der Waals surface area contributed by atoms with Crippen LogP contribution < -0.4 is 11.1 Å². The lowest BCUT2D eigenvalue weighted by Gasteiger charge is -2.56. The number of anilines is 1. The summed E-state index contributed by atoms with van der Waals surface area (Å²) >= 11 is 5.48. The van der Waals surface area contributed by atoms with E-state index in [9.17, 15) is 4.79 Å². The van der Waals surface area contributed by atoms with Crippen LogP contribution in [-0.2, 0) is 16.0 Å². The van der Waals surface area contributed by atoms with Crippen molar-refractivity contribution in [2.75, 3.05) is 18.5 Å². The van der Waals surface area contributed by atoms with Gasteiger partial charge >= 0.3 is 0 Å². The van der Waals surface area contributed by atoms with Crippen molar-refractivity contribution in [3.63, 3.8) is 0 Å². The zero-order valence-corrected chi connectivity index (χ0v) is 21.8. The van der Waals surface area contributed by atoms with Gasteiger partial charge in [0.05, 0.1) is 6.61 Å². The first-order chi connectivity index (χ1) is 17.0. The molecule has 0 aromatic heterocycles. The number of amides is 1. The van der Waals surface area contributed by atoms with Crippen molar-refractivity contribution >= 4 is 29.2 Å².